The van der Waals surface area contributed by atoms with Crippen molar-refractivity contribution in [1.29, 1.82) is 0 Å². The second kappa shape index (κ2) is 14.5. The molecule has 3 aliphatic rings. The molecule has 0 radical (unpaired) electrons. The predicted molar refractivity (Wildman–Crippen MR) is 198 cm³/mol. The Morgan fingerprint density at radius 2 is 1.98 bits per heavy atom. The zero-order valence-electron chi connectivity index (χ0n) is 30.1. The van der Waals surface area contributed by atoms with Gasteiger partial charge in [-0.1, -0.05) is 54.6 Å². The minimum atomic E-state index is -3.40. The molecule has 0 saturated carbocycles. The number of aryl methyl sites for hydroxylation is 1. The summed E-state index contributed by atoms with van der Waals surface area (Å²) in [5.41, 5.74) is 2.53. The fourth-order valence-corrected chi connectivity index (χ4v) is 11.1. The Kier molecular flexibility index (Phi) is 10.0. The standard InChI is InChI=1S/C39H47FN6O5Si/c1-25-36(52(3,4)40)35(17-19-45-23-33(43-44-45)30(24-47)27-11-6-5-7-12-27)51-39(25)31-21-29(50-2)15-16-34(31)46(38(39)49)22-26-10-8-13-28(20-26)42-37(48)32-14-9-18-41-32/h5-8,10-13,15-16,20-21,23,25,30,32,35-36,41,47H,9,14,17-19,22,24H2,1-4H3,(H,42,48)/t25-,30?,32+,35+,36-,39+/m0/s1. The summed E-state index contributed by atoms with van der Waals surface area (Å²) >= 11 is 0. The number of rotatable bonds is 12. The SMILES string of the molecule is COc1ccc2c(c1)[C@@]1(O[C@H](CCn3cc(C(CO)c4ccccc4)nn3)[C@@H]([Si](C)(C)F)[C@@H]1C)C(=O)N2Cc1cccc(NC(=O)[C@H]2CCCN2)c1. The summed E-state index contributed by atoms with van der Waals surface area (Å²) < 4.78 is 30.7. The van der Waals surface area contributed by atoms with Gasteiger partial charge in [0.05, 0.1) is 49.7 Å². The van der Waals surface area contributed by atoms with Crippen molar-refractivity contribution in [3.05, 3.63) is 101 Å². The van der Waals surface area contributed by atoms with Crippen molar-refractivity contribution in [3.8, 4) is 5.75 Å². The van der Waals surface area contributed by atoms with E-state index >= 15 is 4.11 Å². The van der Waals surface area contributed by atoms with Crippen molar-refractivity contribution in [3.63, 3.8) is 0 Å². The first-order chi connectivity index (χ1) is 25.0. The highest BCUT2D eigenvalue weighted by atomic mass is 28.4. The molecular weight excluding hydrogens is 680 g/mol. The van der Waals surface area contributed by atoms with Gasteiger partial charge in [0.15, 0.2) is 5.60 Å². The minimum absolute atomic E-state index is 0.0712. The molecule has 274 valence electrons. The first-order valence-corrected chi connectivity index (χ1v) is 21.0. The first-order valence-electron chi connectivity index (χ1n) is 18.1. The Bertz CT molecular complexity index is 1910. The highest BCUT2D eigenvalue weighted by Gasteiger charge is 2.66. The molecule has 13 heteroatoms. The van der Waals surface area contributed by atoms with Gasteiger partial charge in [0.2, 0.25) is 14.3 Å². The number of nitrogens with zero attached hydrogens (tertiary/aromatic N) is 4. The van der Waals surface area contributed by atoms with E-state index < -0.39 is 31.6 Å². The molecule has 11 nitrogen and oxygen atoms in total. The molecule has 0 aliphatic carbocycles. The van der Waals surface area contributed by atoms with Gasteiger partial charge in [0, 0.05) is 35.5 Å². The van der Waals surface area contributed by atoms with Crippen LogP contribution in [0, 0.1) is 5.92 Å². The third kappa shape index (κ3) is 6.66. The Labute approximate surface area is 304 Å². The van der Waals surface area contributed by atoms with E-state index in [1.165, 1.54) is 0 Å². The number of aromatic nitrogens is 3. The van der Waals surface area contributed by atoms with Crippen molar-refractivity contribution in [2.45, 2.75) is 81.6 Å². The summed E-state index contributed by atoms with van der Waals surface area (Å²) in [6.45, 7) is 6.66. The number of hydrogen-bond donors (Lipinski definition) is 3. The summed E-state index contributed by atoms with van der Waals surface area (Å²) in [5, 5.41) is 25.1. The van der Waals surface area contributed by atoms with Crippen LogP contribution in [0.2, 0.25) is 18.6 Å². The molecule has 52 heavy (non-hydrogen) atoms. The Balaban J connectivity index is 1.16. The van der Waals surface area contributed by atoms with E-state index in [1.54, 1.807) is 29.8 Å². The van der Waals surface area contributed by atoms with Crippen molar-refractivity contribution >= 4 is 31.6 Å². The number of amides is 2. The summed E-state index contributed by atoms with van der Waals surface area (Å²) in [4.78, 5) is 29.5. The van der Waals surface area contributed by atoms with Crippen LogP contribution in [0.15, 0.2) is 79.0 Å². The molecule has 7 rings (SSSR count). The van der Waals surface area contributed by atoms with Crippen molar-refractivity contribution in [1.82, 2.24) is 20.3 Å². The lowest BCUT2D eigenvalue weighted by molar-refractivity contribution is -0.146. The molecule has 3 aliphatic heterocycles. The van der Waals surface area contributed by atoms with Crippen LogP contribution in [0.1, 0.15) is 54.5 Å². The molecule has 3 N–H and O–H groups in total. The van der Waals surface area contributed by atoms with Crippen LogP contribution in [0.4, 0.5) is 15.5 Å². The lowest BCUT2D eigenvalue weighted by Gasteiger charge is -2.31. The highest BCUT2D eigenvalue weighted by Crippen LogP contribution is 2.60. The molecule has 4 aromatic rings. The molecule has 1 aromatic heterocycles. The van der Waals surface area contributed by atoms with E-state index in [-0.39, 0.29) is 36.9 Å². The monoisotopic (exact) mass is 726 g/mol. The van der Waals surface area contributed by atoms with E-state index in [9.17, 15) is 14.7 Å². The van der Waals surface area contributed by atoms with Crippen LogP contribution in [-0.2, 0) is 33.0 Å². The van der Waals surface area contributed by atoms with Crippen LogP contribution in [0.3, 0.4) is 0 Å². The maximum Gasteiger partial charge on any atom is 0.264 e. The number of aliphatic hydroxyl groups excluding tert-OH is 1. The maximum absolute atomic E-state index is 16.5. The van der Waals surface area contributed by atoms with Crippen LogP contribution < -0.4 is 20.3 Å². The third-order valence-electron chi connectivity index (χ3n) is 11.0. The number of anilines is 2. The van der Waals surface area contributed by atoms with Crippen molar-refractivity contribution in [2.24, 2.45) is 5.92 Å². The minimum Gasteiger partial charge on any atom is -0.497 e. The zero-order chi connectivity index (χ0) is 36.6. The summed E-state index contributed by atoms with van der Waals surface area (Å²) in [7, 11) is -1.82. The number of benzene rings is 3. The number of halogens is 1. The van der Waals surface area contributed by atoms with Crippen molar-refractivity contribution < 1.29 is 28.3 Å². The number of fused-ring (bicyclic) bond motifs is 2. The van der Waals surface area contributed by atoms with E-state index in [0.717, 1.165) is 30.5 Å². The first kappa shape index (κ1) is 35.9. The van der Waals surface area contributed by atoms with Gasteiger partial charge in [-0.05, 0) is 80.4 Å². The lowest BCUT2D eigenvalue weighted by atomic mass is 9.82. The molecule has 0 bridgehead atoms. The van der Waals surface area contributed by atoms with Crippen LogP contribution in [-0.4, -0.2) is 72.7 Å². The molecule has 2 amide bonds. The molecule has 2 fully saturated rings. The highest BCUT2D eigenvalue weighted by molar-refractivity contribution is 6.72. The smallest absolute Gasteiger partial charge is 0.264 e. The molecule has 1 spiro atoms. The molecule has 4 heterocycles. The number of ether oxygens (including phenoxy) is 2. The van der Waals surface area contributed by atoms with Gasteiger partial charge < -0.3 is 34.2 Å². The van der Waals surface area contributed by atoms with Gasteiger partial charge in [0.25, 0.3) is 5.91 Å². The molecular formula is C39H47FN6O5Si. The van der Waals surface area contributed by atoms with Crippen molar-refractivity contribution in [2.75, 3.05) is 30.5 Å². The average Bonchev–Trinajstić information content (AvgIpc) is 3.93. The summed E-state index contributed by atoms with van der Waals surface area (Å²) in [5.74, 6) is -0.521. The number of carbonyl (C=O) groups is 2. The second-order valence-corrected chi connectivity index (χ2v) is 18.5. The van der Waals surface area contributed by atoms with Crippen LogP contribution in [0.25, 0.3) is 0 Å². The summed E-state index contributed by atoms with van der Waals surface area (Å²) in [6.07, 6.45) is 3.43. The van der Waals surface area contributed by atoms with E-state index in [1.807, 2.05) is 85.9 Å². The normalized spacial score (nSPS) is 24.7. The Morgan fingerprint density at radius 3 is 2.69 bits per heavy atom. The Morgan fingerprint density at radius 1 is 1.17 bits per heavy atom. The number of nitrogens with one attached hydrogen (secondary N) is 2. The number of hydrogen-bond acceptors (Lipinski definition) is 8. The molecule has 6 atom stereocenters. The fraction of sp³-hybridized carbons (Fsp3) is 0.436. The number of carbonyl (C=O) groups excluding carboxylic acids is 2. The maximum atomic E-state index is 16.5. The Hall–Kier alpha value is -4.43. The number of methoxy groups -OCH3 is 1. The van der Waals surface area contributed by atoms with E-state index in [2.05, 4.69) is 20.9 Å². The van der Waals surface area contributed by atoms with Gasteiger partial charge in [-0.15, -0.1) is 5.10 Å². The topological polar surface area (TPSA) is 131 Å². The van der Waals surface area contributed by atoms with Crippen LogP contribution >= 0.6 is 0 Å². The quantitative estimate of drug-likeness (QED) is 0.129. The average molecular weight is 727 g/mol. The summed E-state index contributed by atoms with van der Waals surface area (Å²) in [6, 6.07) is 22.5. The largest absolute Gasteiger partial charge is 0.497 e. The molecule has 1 unspecified atom stereocenters. The fourth-order valence-electron chi connectivity index (χ4n) is 8.54. The second-order valence-electron chi connectivity index (χ2n) is 14.7. The van der Waals surface area contributed by atoms with E-state index in [4.69, 9.17) is 9.47 Å². The molecule has 3 aromatic carbocycles. The zero-order valence-corrected chi connectivity index (χ0v) is 31.1. The van der Waals surface area contributed by atoms with Gasteiger partial charge in [-0.25, -0.2) is 0 Å². The lowest BCUT2D eigenvalue weighted by Crippen LogP contribution is -2.45. The van der Waals surface area contributed by atoms with Gasteiger partial charge in [-0.2, -0.15) is 0 Å². The predicted octanol–water partition coefficient (Wildman–Crippen LogP) is 5.51. The third-order valence-corrected chi connectivity index (χ3v) is 13.5. The van der Waals surface area contributed by atoms with E-state index in [0.29, 0.717) is 41.3 Å². The molecule has 2 saturated heterocycles. The van der Waals surface area contributed by atoms with Gasteiger partial charge in [-0.3, -0.25) is 14.3 Å². The van der Waals surface area contributed by atoms with Gasteiger partial charge in [0.1, 0.15) is 5.75 Å². The van der Waals surface area contributed by atoms with Crippen LogP contribution in [0.5, 0.6) is 5.75 Å². The number of aliphatic hydroxyl groups is 1. The van der Waals surface area contributed by atoms with Gasteiger partial charge >= 0.3 is 0 Å².